The number of amides is 1. The highest BCUT2D eigenvalue weighted by Gasteiger charge is 2.15. The van der Waals surface area contributed by atoms with Crippen LogP contribution in [0.2, 0.25) is 5.02 Å². The van der Waals surface area contributed by atoms with Crippen LogP contribution in [0.4, 0.5) is 11.4 Å². The van der Waals surface area contributed by atoms with Crippen LogP contribution in [0.25, 0.3) is 17.4 Å². The highest BCUT2D eigenvalue weighted by atomic mass is 35.5. The van der Waals surface area contributed by atoms with E-state index in [2.05, 4.69) is 5.32 Å². The zero-order chi connectivity index (χ0) is 21.0. The molecule has 1 N–H and O–H groups in total. The predicted octanol–water partition coefficient (Wildman–Crippen LogP) is 5.36. The fraction of sp³-hybridized carbons (Fsp3) is 0.0476. The van der Waals surface area contributed by atoms with E-state index in [0.29, 0.717) is 22.0 Å². The van der Waals surface area contributed by atoms with Gasteiger partial charge in [0.25, 0.3) is 11.6 Å². The predicted molar refractivity (Wildman–Crippen MR) is 109 cm³/mol. The van der Waals surface area contributed by atoms with Crippen LogP contribution < -0.4 is 5.32 Å². The Morgan fingerprint density at radius 2 is 1.93 bits per heavy atom. The number of nitro groups is 1. The Balaban J connectivity index is 1.85. The van der Waals surface area contributed by atoms with Gasteiger partial charge in [0.05, 0.1) is 4.92 Å². The maximum absolute atomic E-state index is 12.3. The van der Waals surface area contributed by atoms with Gasteiger partial charge in [0.15, 0.2) is 0 Å². The van der Waals surface area contributed by atoms with Crippen molar-refractivity contribution in [3.05, 3.63) is 86.6 Å². The van der Waals surface area contributed by atoms with E-state index in [0.717, 1.165) is 5.56 Å². The summed E-state index contributed by atoms with van der Waals surface area (Å²) >= 11 is 5.81. The third-order valence-corrected chi connectivity index (χ3v) is 4.33. The minimum absolute atomic E-state index is 0.0563. The van der Waals surface area contributed by atoms with Crippen LogP contribution >= 0.6 is 11.6 Å². The molecule has 0 aliphatic heterocycles. The fourth-order valence-corrected chi connectivity index (χ4v) is 2.71. The molecule has 0 saturated heterocycles. The van der Waals surface area contributed by atoms with Crippen LogP contribution in [0.5, 0.6) is 0 Å². The Morgan fingerprint density at radius 3 is 2.59 bits per heavy atom. The first-order chi connectivity index (χ1) is 13.9. The number of nitrogens with one attached hydrogen (secondary N) is 1. The SMILES string of the molecule is Cc1ccc([N+](=O)[O-])cc1-c1ccc(C=C(C#N)C(=O)Nc2ccc(Cl)cc2)o1. The van der Waals surface area contributed by atoms with Crippen molar-refractivity contribution in [1.29, 1.82) is 5.26 Å². The number of nitro benzene ring substituents is 1. The summed E-state index contributed by atoms with van der Waals surface area (Å²) in [5, 5.41) is 23.5. The number of nitrogens with zero attached hydrogens (tertiary/aromatic N) is 2. The van der Waals surface area contributed by atoms with Crippen LogP contribution in [-0.2, 0) is 4.79 Å². The van der Waals surface area contributed by atoms with E-state index in [4.69, 9.17) is 16.0 Å². The number of hydrogen-bond acceptors (Lipinski definition) is 5. The molecular formula is C21H14ClN3O4. The average Bonchev–Trinajstić information content (AvgIpc) is 3.16. The Hall–Kier alpha value is -3.89. The molecule has 3 aromatic rings. The Morgan fingerprint density at radius 1 is 1.21 bits per heavy atom. The van der Waals surface area contributed by atoms with Gasteiger partial charge in [0.1, 0.15) is 23.2 Å². The van der Waals surface area contributed by atoms with Gasteiger partial charge in [-0.3, -0.25) is 14.9 Å². The molecule has 0 unspecified atom stereocenters. The van der Waals surface area contributed by atoms with Crippen molar-refractivity contribution in [3.8, 4) is 17.4 Å². The number of rotatable bonds is 5. The number of furan rings is 1. The third kappa shape index (κ3) is 4.69. The lowest BCUT2D eigenvalue weighted by Crippen LogP contribution is -2.13. The second-order valence-electron chi connectivity index (χ2n) is 6.09. The molecule has 2 aromatic carbocycles. The molecule has 1 amide bonds. The normalized spacial score (nSPS) is 11.0. The molecule has 1 aromatic heterocycles. The second kappa shape index (κ2) is 8.42. The van der Waals surface area contributed by atoms with Crippen molar-refractivity contribution in [2.75, 3.05) is 5.32 Å². The molecule has 3 rings (SSSR count). The third-order valence-electron chi connectivity index (χ3n) is 4.08. The molecule has 0 aliphatic carbocycles. The summed E-state index contributed by atoms with van der Waals surface area (Å²) in [6, 6.07) is 16.0. The molecule has 1 heterocycles. The van der Waals surface area contributed by atoms with Gasteiger partial charge in [-0.25, -0.2) is 0 Å². The topological polar surface area (TPSA) is 109 Å². The molecular weight excluding hydrogens is 394 g/mol. The van der Waals surface area contributed by atoms with Gasteiger partial charge in [0, 0.05) is 34.5 Å². The van der Waals surface area contributed by atoms with Crippen LogP contribution in [0.1, 0.15) is 11.3 Å². The van der Waals surface area contributed by atoms with Crippen LogP contribution in [0.3, 0.4) is 0 Å². The minimum atomic E-state index is -0.598. The van der Waals surface area contributed by atoms with Gasteiger partial charge >= 0.3 is 0 Å². The van der Waals surface area contributed by atoms with Gasteiger partial charge in [-0.05, 0) is 48.9 Å². The summed E-state index contributed by atoms with van der Waals surface area (Å²) in [6.45, 7) is 1.80. The Kier molecular flexibility index (Phi) is 5.77. The summed E-state index contributed by atoms with van der Waals surface area (Å²) in [5.74, 6) is 0.0702. The van der Waals surface area contributed by atoms with E-state index in [9.17, 15) is 20.2 Å². The summed E-state index contributed by atoms with van der Waals surface area (Å²) in [6.07, 6.45) is 1.31. The standard InChI is InChI=1S/C21H14ClN3O4/c1-13-2-7-17(25(27)28)11-19(13)20-9-8-18(29-20)10-14(12-23)21(26)24-16-5-3-15(22)4-6-16/h2-11H,1H3,(H,24,26). The van der Waals surface area contributed by atoms with Crippen molar-refractivity contribution >= 4 is 35.0 Å². The van der Waals surface area contributed by atoms with Crippen molar-refractivity contribution in [2.45, 2.75) is 6.92 Å². The van der Waals surface area contributed by atoms with Gasteiger partial charge in [-0.1, -0.05) is 17.7 Å². The summed E-state index contributed by atoms with van der Waals surface area (Å²) in [7, 11) is 0. The lowest BCUT2D eigenvalue weighted by Gasteiger charge is -2.04. The van der Waals surface area contributed by atoms with E-state index < -0.39 is 10.8 Å². The number of hydrogen-bond donors (Lipinski definition) is 1. The van der Waals surface area contributed by atoms with Gasteiger partial charge in [-0.15, -0.1) is 0 Å². The van der Waals surface area contributed by atoms with Gasteiger partial charge < -0.3 is 9.73 Å². The highest BCUT2D eigenvalue weighted by Crippen LogP contribution is 2.29. The first kappa shape index (κ1) is 19.9. The monoisotopic (exact) mass is 407 g/mol. The molecule has 0 aliphatic rings. The molecule has 0 atom stereocenters. The maximum atomic E-state index is 12.3. The van der Waals surface area contributed by atoms with E-state index >= 15 is 0 Å². The number of carbonyl (C=O) groups is 1. The summed E-state index contributed by atoms with van der Waals surface area (Å²) < 4.78 is 5.69. The Bertz CT molecular complexity index is 1160. The number of benzene rings is 2. The lowest BCUT2D eigenvalue weighted by molar-refractivity contribution is -0.384. The van der Waals surface area contributed by atoms with E-state index in [-0.39, 0.29) is 17.0 Å². The minimum Gasteiger partial charge on any atom is -0.457 e. The molecule has 29 heavy (non-hydrogen) atoms. The number of anilines is 1. The number of carbonyl (C=O) groups excluding carboxylic acids is 1. The summed E-state index contributed by atoms with van der Waals surface area (Å²) in [5.41, 5.74) is 1.63. The molecule has 0 saturated carbocycles. The maximum Gasteiger partial charge on any atom is 0.270 e. The quantitative estimate of drug-likeness (QED) is 0.265. The molecule has 0 radical (unpaired) electrons. The first-order valence-corrected chi connectivity index (χ1v) is 8.79. The molecule has 8 heteroatoms. The number of halogens is 1. The van der Waals surface area contributed by atoms with Crippen LogP contribution in [-0.4, -0.2) is 10.8 Å². The molecule has 0 fully saturated rings. The van der Waals surface area contributed by atoms with Crippen LogP contribution in [0.15, 0.2) is 64.6 Å². The van der Waals surface area contributed by atoms with Crippen molar-refractivity contribution in [1.82, 2.24) is 0 Å². The van der Waals surface area contributed by atoms with E-state index in [1.54, 1.807) is 49.4 Å². The Labute approximate surface area is 171 Å². The molecule has 0 spiro atoms. The highest BCUT2D eigenvalue weighted by molar-refractivity contribution is 6.30. The number of non-ortho nitro benzene ring substituents is 1. The van der Waals surface area contributed by atoms with E-state index in [1.165, 1.54) is 18.2 Å². The molecule has 0 bridgehead atoms. The van der Waals surface area contributed by atoms with Gasteiger partial charge in [0.2, 0.25) is 0 Å². The smallest absolute Gasteiger partial charge is 0.270 e. The average molecular weight is 408 g/mol. The molecule has 144 valence electrons. The second-order valence-corrected chi connectivity index (χ2v) is 6.53. The number of nitriles is 1. The zero-order valence-electron chi connectivity index (χ0n) is 15.2. The van der Waals surface area contributed by atoms with Crippen molar-refractivity contribution < 1.29 is 14.1 Å². The van der Waals surface area contributed by atoms with Crippen LogP contribution in [0, 0.1) is 28.4 Å². The van der Waals surface area contributed by atoms with E-state index in [1.807, 2.05) is 6.07 Å². The lowest BCUT2D eigenvalue weighted by atomic mass is 10.1. The van der Waals surface area contributed by atoms with Gasteiger partial charge in [-0.2, -0.15) is 5.26 Å². The van der Waals surface area contributed by atoms with Crippen molar-refractivity contribution in [2.24, 2.45) is 0 Å². The van der Waals surface area contributed by atoms with Crippen molar-refractivity contribution in [3.63, 3.8) is 0 Å². The molecule has 7 nitrogen and oxygen atoms in total. The summed E-state index contributed by atoms with van der Waals surface area (Å²) in [4.78, 5) is 22.9. The number of aryl methyl sites for hydroxylation is 1. The first-order valence-electron chi connectivity index (χ1n) is 8.41. The fourth-order valence-electron chi connectivity index (χ4n) is 2.59. The largest absolute Gasteiger partial charge is 0.457 e. The zero-order valence-corrected chi connectivity index (χ0v) is 15.9.